The van der Waals surface area contributed by atoms with E-state index in [1.807, 2.05) is 31.2 Å². The van der Waals surface area contributed by atoms with Crippen LogP contribution in [0.4, 0.5) is 0 Å². The molecule has 0 amide bonds. The van der Waals surface area contributed by atoms with E-state index in [9.17, 15) is 14.7 Å². The van der Waals surface area contributed by atoms with E-state index in [0.29, 0.717) is 19.3 Å². The van der Waals surface area contributed by atoms with E-state index in [-0.39, 0.29) is 24.1 Å². The number of aliphatic hydroxyl groups excluding tert-OH is 1. The van der Waals surface area contributed by atoms with Crippen LogP contribution in [0.2, 0.25) is 0 Å². The van der Waals surface area contributed by atoms with E-state index >= 15 is 0 Å². The lowest BCUT2D eigenvalue weighted by Crippen LogP contribution is -2.30. The minimum Gasteiger partial charge on any atom is -0.462 e. The molecule has 2 saturated heterocycles. The Morgan fingerprint density at radius 2 is 2.00 bits per heavy atom. The van der Waals surface area contributed by atoms with E-state index < -0.39 is 10.9 Å². The number of hydrogen-bond acceptors (Lipinski definition) is 6. The molecule has 1 aromatic carbocycles. The maximum absolute atomic E-state index is 12.6. The van der Waals surface area contributed by atoms with Crippen LogP contribution < -0.4 is 0 Å². The molecule has 1 N–H and O–H groups in total. The van der Waals surface area contributed by atoms with Gasteiger partial charge in [-0.1, -0.05) is 49.0 Å². The number of benzene rings is 1. The fourth-order valence-electron chi connectivity index (χ4n) is 4.46. The summed E-state index contributed by atoms with van der Waals surface area (Å²) in [5, 5.41) is 10.0. The Morgan fingerprint density at radius 1 is 1.18 bits per heavy atom. The molecule has 2 fully saturated rings. The number of cyclic esters (lactones) is 2. The molecule has 6 heteroatoms. The first-order chi connectivity index (χ1) is 16.5. The summed E-state index contributed by atoms with van der Waals surface area (Å²) in [4.78, 5) is 24.9. The molecule has 0 aromatic heterocycles. The van der Waals surface area contributed by atoms with Gasteiger partial charge in [-0.3, -0.25) is 9.59 Å². The summed E-state index contributed by atoms with van der Waals surface area (Å²) in [5.74, 6) is 5.88. The molecule has 2 aliphatic heterocycles. The minimum absolute atomic E-state index is 0.0197. The number of allylic oxidation sites excluding steroid dienone is 2. The highest BCUT2D eigenvalue weighted by molar-refractivity contribution is 8.01. The van der Waals surface area contributed by atoms with Crippen molar-refractivity contribution in [2.75, 3.05) is 0 Å². The normalized spacial score (nSPS) is 25.1. The lowest BCUT2D eigenvalue weighted by molar-refractivity contribution is -0.145. The molecule has 5 nitrogen and oxygen atoms in total. The molecule has 184 valence electrons. The van der Waals surface area contributed by atoms with Crippen LogP contribution in [0.3, 0.4) is 0 Å². The van der Waals surface area contributed by atoms with Gasteiger partial charge in [-0.25, -0.2) is 0 Å². The Hall–Kier alpha value is -2.23. The number of hydrogen-bond donors (Lipinski definition) is 1. The lowest BCUT2D eigenvalue weighted by atomic mass is 9.96. The lowest BCUT2D eigenvalue weighted by Gasteiger charge is -2.24. The SMILES string of the molecule is C[C@@H]1CC(CCCCC/C=C/C#CCCC[C@H](O)[C@@H]2CCC(=O)O2)(Sc2ccccc2)C(=O)O1. The van der Waals surface area contributed by atoms with Gasteiger partial charge < -0.3 is 14.6 Å². The van der Waals surface area contributed by atoms with Crippen molar-refractivity contribution in [3.8, 4) is 11.8 Å². The van der Waals surface area contributed by atoms with Gasteiger partial charge in [-0.15, -0.1) is 11.8 Å². The summed E-state index contributed by atoms with van der Waals surface area (Å²) in [6, 6.07) is 10.1. The van der Waals surface area contributed by atoms with E-state index in [2.05, 4.69) is 30.0 Å². The predicted molar refractivity (Wildman–Crippen MR) is 134 cm³/mol. The summed E-state index contributed by atoms with van der Waals surface area (Å²) in [7, 11) is 0. The van der Waals surface area contributed by atoms with Crippen molar-refractivity contribution >= 4 is 23.7 Å². The second kappa shape index (κ2) is 13.6. The Bertz CT molecular complexity index is 887. The average molecular weight is 485 g/mol. The maximum Gasteiger partial charge on any atom is 0.322 e. The standard InChI is InChI=1S/C28H36O5S/c1-22-21-28(27(31)32-22,34-23-15-11-10-12-16-23)20-14-9-7-5-3-2-4-6-8-13-17-24(29)25-18-19-26(30)33-25/h2-3,10-12,15-16,22,24-25,29H,5,7-9,13-14,17-21H2,1H3/b3-2+/t22-,24+,25+,28?/m1/s1. The molecule has 34 heavy (non-hydrogen) atoms. The highest BCUT2D eigenvalue weighted by atomic mass is 32.2. The van der Waals surface area contributed by atoms with Gasteiger partial charge >= 0.3 is 11.9 Å². The van der Waals surface area contributed by atoms with Crippen molar-refractivity contribution in [3.05, 3.63) is 42.5 Å². The zero-order valence-electron chi connectivity index (χ0n) is 20.0. The number of carbonyl (C=O) groups is 2. The monoisotopic (exact) mass is 484 g/mol. The molecule has 2 aliphatic rings. The van der Waals surface area contributed by atoms with Crippen molar-refractivity contribution in [2.45, 2.75) is 106 Å². The van der Waals surface area contributed by atoms with Crippen molar-refractivity contribution in [3.63, 3.8) is 0 Å². The van der Waals surface area contributed by atoms with Gasteiger partial charge in [0, 0.05) is 24.2 Å². The maximum atomic E-state index is 12.6. The van der Waals surface area contributed by atoms with Crippen LogP contribution in [0.15, 0.2) is 47.4 Å². The van der Waals surface area contributed by atoms with Gasteiger partial charge in [0.2, 0.25) is 0 Å². The Labute approximate surface area is 207 Å². The number of ether oxygens (including phenoxy) is 2. The van der Waals surface area contributed by atoms with Crippen LogP contribution in [0, 0.1) is 11.8 Å². The van der Waals surface area contributed by atoms with E-state index in [4.69, 9.17) is 9.47 Å². The Balaban J connectivity index is 1.28. The molecule has 0 radical (unpaired) electrons. The molecule has 0 spiro atoms. The summed E-state index contributed by atoms with van der Waals surface area (Å²) >= 11 is 1.66. The van der Waals surface area contributed by atoms with Crippen molar-refractivity contribution in [1.82, 2.24) is 0 Å². The Kier molecular flexibility index (Phi) is 10.6. The topological polar surface area (TPSA) is 72.8 Å². The molecule has 1 aromatic rings. The van der Waals surface area contributed by atoms with Crippen molar-refractivity contribution < 1.29 is 24.2 Å². The van der Waals surface area contributed by atoms with E-state index in [1.54, 1.807) is 11.8 Å². The highest BCUT2D eigenvalue weighted by Crippen LogP contribution is 2.45. The van der Waals surface area contributed by atoms with Crippen LogP contribution >= 0.6 is 11.8 Å². The second-order valence-corrected chi connectivity index (χ2v) is 10.6. The quantitative estimate of drug-likeness (QED) is 0.237. The fourth-order valence-corrected chi connectivity index (χ4v) is 5.90. The van der Waals surface area contributed by atoms with Gasteiger partial charge in [0.15, 0.2) is 0 Å². The van der Waals surface area contributed by atoms with Crippen LogP contribution in [0.5, 0.6) is 0 Å². The first-order valence-corrected chi connectivity index (χ1v) is 13.3. The summed E-state index contributed by atoms with van der Waals surface area (Å²) in [6.07, 6.45) is 11.9. The largest absolute Gasteiger partial charge is 0.462 e. The highest BCUT2D eigenvalue weighted by Gasteiger charge is 2.48. The average Bonchev–Trinajstić information content (AvgIpc) is 3.37. The van der Waals surface area contributed by atoms with Crippen molar-refractivity contribution in [2.24, 2.45) is 0 Å². The molecule has 4 atom stereocenters. The molecule has 1 unspecified atom stereocenters. The number of rotatable bonds is 12. The number of carbonyl (C=O) groups excluding carboxylic acids is 2. The predicted octanol–water partition coefficient (Wildman–Crippen LogP) is 5.60. The fraction of sp³-hybridized carbons (Fsp3) is 0.571. The van der Waals surface area contributed by atoms with Crippen LogP contribution in [0.1, 0.15) is 77.6 Å². The molecule has 0 bridgehead atoms. The third kappa shape index (κ3) is 8.21. The van der Waals surface area contributed by atoms with Crippen LogP contribution in [-0.4, -0.2) is 40.1 Å². The van der Waals surface area contributed by atoms with E-state index in [0.717, 1.165) is 56.3 Å². The van der Waals surface area contributed by atoms with Gasteiger partial charge in [0.25, 0.3) is 0 Å². The smallest absolute Gasteiger partial charge is 0.322 e. The summed E-state index contributed by atoms with van der Waals surface area (Å²) < 4.78 is 10.1. The van der Waals surface area contributed by atoms with Crippen molar-refractivity contribution in [1.29, 1.82) is 0 Å². The number of esters is 2. The van der Waals surface area contributed by atoms with E-state index in [1.165, 1.54) is 0 Å². The zero-order chi connectivity index (χ0) is 24.2. The minimum atomic E-state index is -0.580. The molecule has 0 saturated carbocycles. The Morgan fingerprint density at radius 3 is 2.71 bits per heavy atom. The molecular formula is C28H36O5S. The first kappa shape index (κ1) is 26.4. The van der Waals surface area contributed by atoms with Gasteiger partial charge in [0.1, 0.15) is 17.0 Å². The summed E-state index contributed by atoms with van der Waals surface area (Å²) in [5.41, 5.74) is 0. The third-order valence-corrected chi connectivity index (χ3v) is 7.69. The van der Waals surface area contributed by atoms with Gasteiger partial charge in [-0.2, -0.15) is 0 Å². The van der Waals surface area contributed by atoms with Crippen LogP contribution in [0.25, 0.3) is 0 Å². The van der Waals surface area contributed by atoms with Crippen LogP contribution in [-0.2, 0) is 19.1 Å². The second-order valence-electron chi connectivity index (χ2n) is 9.18. The number of unbranched alkanes of at least 4 members (excludes halogenated alkanes) is 4. The number of thioether (sulfide) groups is 1. The van der Waals surface area contributed by atoms with Gasteiger partial charge in [-0.05, 0) is 63.7 Å². The van der Waals surface area contributed by atoms with Gasteiger partial charge in [0.05, 0.1) is 6.10 Å². The first-order valence-electron chi connectivity index (χ1n) is 12.4. The molecular weight excluding hydrogens is 448 g/mol. The third-order valence-electron chi connectivity index (χ3n) is 6.26. The number of aliphatic hydroxyl groups is 1. The molecule has 0 aliphatic carbocycles. The summed E-state index contributed by atoms with van der Waals surface area (Å²) in [6.45, 7) is 1.98. The molecule has 3 rings (SSSR count). The molecule has 2 heterocycles. The zero-order valence-corrected chi connectivity index (χ0v) is 20.9.